The van der Waals surface area contributed by atoms with Crippen molar-refractivity contribution in [2.24, 2.45) is 5.73 Å². The van der Waals surface area contributed by atoms with Crippen LogP contribution in [0.2, 0.25) is 0 Å². The van der Waals surface area contributed by atoms with Gasteiger partial charge in [-0.25, -0.2) is 0 Å². The number of hydrogen-bond acceptors (Lipinski definition) is 5. The van der Waals surface area contributed by atoms with Gasteiger partial charge in [-0.2, -0.15) is 0 Å². The van der Waals surface area contributed by atoms with Gasteiger partial charge in [-0.1, -0.05) is 18.2 Å². The number of nitrogens with two attached hydrogens (primary N) is 1. The van der Waals surface area contributed by atoms with E-state index in [1.165, 1.54) is 9.75 Å². The van der Waals surface area contributed by atoms with Crippen LogP contribution in [-0.4, -0.2) is 7.11 Å². The Kier molecular flexibility index (Phi) is 5.33. The highest BCUT2D eigenvalue weighted by Gasteiger charge is 2.11. The Morgan fingerprint density at radius 1 is 1.04 bits per heavy atom. The Balaban J connectivity index is 1.68. The number of ether oxygens (including phenoxy) is 2. The summed E-state index contributed by atoms with van der Waals surface area (Å²) in [5, 5.41) is 4.10. The van der Waals surface area contributed by atoms with Gasteiger partial charge >= 0.3 is 0 Å². The van der Waals surface area contributed by atoms with Crippen LogP contribution in [-0.2, 0) is 13.0 Å². The standard InChI is InChI=1S/C18H19NO2S2/c1-20-17-11-13(10-15(19)18-5-3-9-23-18)6-7-16(17)21-12-14-4-2-8-22-14/h2-9,11,15H,10,12,19H2,1H3. The predicted molar refractivity (Wildman–Crippen MR) is 96.6 cm³/mol. The van der Waals surface area contributed by atoms with E-state index in [-0.39, 0.29) is 6.04 Å². The molecular formula is C18H19NO2S2. The van der Waals surface area contributed by atoms with E-state index in [1.807, 2.05) is 29.6 Å². The van der Waals surface area contributed by atoms with Crippen molar-refractivity contribution in [1.29, 1.82) is 0 Å². The number of hydrogen-bond donors (Lipinski definition) is 1. The van der Waals surface area contributed by atoms with Crippen LogP contribution >= 0.6 is 22.7 Å². The lowest BCUT2D eigenvalue weighted by molar-refractivity contribution is 0.287. The fourth-order valence-corrected chi connectivity index (χ4v) is 3.70. The molecule has 0 saturated carbocycles. The predicted octanol–water partition coefficient (Wildman–Crippen LogP) is 4.64. The second-order valence-corrected chi connectivity index (χ2v) is 7.19. The monoisotopic (exact) mass is 345 g/mol. The van der Waals surface area contributed by atoms with Crippen molar-refractivity contribution in [3.63, 3.8) is 0 Å². The molecule has 0 saturated heterocycles. The Morgan fingerprint density at radius 3 is 2.57 bits per heavy atom. The van der Waals surface area contributed by atoms with E-state index in [9.17, 15) is 0 Å². The number of benzene rings is 1. The van der Waals surface area contributed by atoms with Gasteiger partial charge in [-0.15, -0.1) is 22.7 Å². The van der Waals surface area contributed by atoms with Crippen LogP contribution in [0.3, 0.4) is 0 Å². The highest BCUT2D eigenvalue weighted by atomic mass is 32.1. The lowest BCUT2D eigenvalue weighted by Gasteiger charge is -2.14. The lowest BCUT2D eigenvalue weighted by atomic mass is 10.0. The van der Waals surface area contributed by atoms with Gasteiger partial charge in [0.25, 0.3) is 0 Å². The number of methoxy groups -OCH3 is 1. The van der Waals surface area contributed by atoms with Crippen molar-refractivity contribution >= 4 is 22.7 Å². The Morgan fingerprint density at radius 2 is 1.87 bits per heavy atom. The smallest absolute Gasteiger partial charge is 0.161 e. The maximum absolute atomic E-state index is 6.26. The maximum Gasteiger partial charge on any atom is 0.161 e. The SMILES string of the molecule is COc1cc(CC(N)c2cccs2)ccc1OCc1cccs1. The van der Waals surface area contributed by atoms with Gasteiger partial charge < -0.3 is 15.2 Å². The molecule has 2 N–H and O–H groups in total. The zero-order chi connectivity index (χ0) is 16.1. The normalized spacial score (nSPS) is 12.1. The van der Waals surface area contributed by atoms with Crippen molar-refractivity contribution in [3.05, 3.63) is 68.5 Å². The number of thiophene rings is 2. The van der Waals surface area contributed by atoms with Crippen molar-refractivity contribution in [2.45, 2.75) is 19.1 Å². The molecule has 2 heterocycles. The van der Waals surface area contributed by atoms with Crippen LogP contribution < -0.4 is 15.2 Å². The zero-order valence-electron chi connectivity index (χ0n) is 12.9. The van der Waals surface area contributed by atoms with E-state index in [4.69, 9.17) is 15.2 Å². The van der Waals surface area contributed by atoms with Crippen LogP contribution in [0.1, 0.15) is 21.4 Å². The van der Waals surface area contributed by atoms with E-state index >= 15 is 0 Å². The molecule has 0 radical (unpaired) electrons. The molecule has 0 spiro atoms. The molecule has 3 rings (SSSR count). The summed E-state index contributed by atoms with van der Waals surface area (Å²) in [6.07, 6.45) is 0.780. The van der Waals surface area contributed by atoms with E-state index in [0.29, 0.717) is 6.61 Å². The van der Waals surface area contributed by atoms with Gasteiger partial charge in [0.2, 0.25) is 0 Å². The van der Waals surface area contributed by atoms with Gasteiger partial charge in [0.1, 0.15) is 6.61 Å². The third kappa shape index (κ3) is 4.13. The quantitative estimate of drug-likeness (QED) is 0.678. The summed E-state index contributed by atoms with van der Waals surface area (Å²) in [6.45, 7) is 0.558. The maximum atomic E-state index is 6.26. The average Bonchev–Trinajstić information content (AvgIpc) is 3.26. The Labute approximate surface area is 144 Å². The van der Waals surface area contributed by atoms with Crippen LogP contribution in [0, 0.1) is 0 Å². The molecule has 0 aliphatic carbocycles. The van der Waals surface area contributed by atoms with Crippen molar-refractivity contribution in [2.75, 3.05) is 7.11 Å². The molecule has 1 atom stereocenters. The Bertz CT molecular complexity index is 724. The van der Waals surface area contributed by atoms with E-state index in [0.717, 1.165) is 23.5 Å². The van der Waals surface area contributed by atoms with Gasteiger partial charge in [-0.3, -0.25) is 0 Å². The minimum atomic E-state index is 0.0117. The largest absolute Gasteiger partial charge is 0.493 e. The van der Waals surface area contributed by atoms with Crippen molar-refractivity contribution in [3.8, 4) is 11.5 Å². The summed E-state index contributed by atoms with van der Waals surface area (Å²) in [5.74, 6) is 1.51. The summed E-state index contributed by atoms with van der Waals surface area (Å²) in [5.41, 5.74) is 7.41. The molecule has 120 valence electrons. The highest BCUT2D eigenvalue weighted by Crippen LogP contribution is 2.31. The van der Waals surface area contributed by atoms with Crippen molar-refractivity contribution < 1.29 is 9.47 Å². The minimum absolute atomic E-state index is 0.0117. The van der Waals surface area contributed by atoms with Gasteiger partial charge in [0, 0.05) is 15.8 Å². The van der Waals surface area contributed by atoms with E-state index in [2.05, 4.69) is 23.6 Å². The van der Waals surface area contributed by atoms with Gasteiger partial charge in [0.15, 0.2) is 11.5 Å². The summed E-state index contributed by atoms with van der Waals surface area (Å²) in [7, 11) is 1.66. The molecule has 2 aromatic heterocycles. The molecule has 3 nitrogen and oxygen atoms in total. The second-order valence-electron chi connectivity index (χ2n) is 5.18. The van der Waals surface area contributed by atoms with Crippen LogP contribution in [0.25, 0.3) is 0 Å². The first kappa shape index (κ1) is 16.1. The molecule has 3 aromatic rings. The molecule has 0 fully saturated rings. The van der Waals surface area contributed by atoms with Crippen LogP contribution in [0.15, 0.2) is 53.2 Å². The third-order valence-corrected chi connectivity index (χ3v) is 5.40. The molecule has 23 heavy (non-hydrogen) atoms. The fourth-order valence-electron chi connectivity index (χ4n) is 2.36. The molecular weight excluding hydrogens is 326 g/mol. The van der Waals surface area contributed by atoms with E-state index < -0.39 is 0 Å². The summed E-state index contributed by atoms with van der Waals surface area (Å²) in [4.78, 5) is 2.39. The lowest BCUT2D eigenvalue weighted by Crippen LogP contribution is -2.11. The Hall–Kier alpha value is -1.82. The molecule has 0 aliphatic rings. The first-order valence-corrected chi connectivity index (χ1v) is 9.13. The average molecular weight is 345 g/mol. The van der Waals surface area contributed by atoms with Crippen molar-refractivity contribution in [1.82, 2.24) is 0 Å². The highest BCUT2D eigenvalue weighted by molar-refractivity contribution is 7.10. The first-order valence-electron chi connectivity index (χ1n) is 7.37. The van der Waals surface area contributed by atoms with Crippen LogP contribution in [0.4, 0.5) is 0 Å². The molecule has 5 heteroatoms. The molecule has 0 bridgehead atoms. The van der Waals surface area contributed by atoms with Gasteiger partial charge in [-0.05, 0) is 47.0 Å². The van der Waals surface area contributed by atoms with Gasteiger partial charge in [0.05, 0.1) is 7.11 Å². The first-order chi connectivity index (χ1) is 11.3. The topological polar surface area (TPSA) is 44.5 Å². The third-order valence-electron chi connectivity index (χ3n) is 3.54. The summed E-state index contributed by atoms with van der Waals surface area (Å²) < 4.78 is 11.3. The van der Waals surface area contributed by atoms with E-state index in [1.54, 1.807) is 29.8 Å². The summed E-state index contributed by atoms with van der Waals surface area (Å²) >= 11 is 3.37. The number of rotatable bonds is 7. The molecule has 1 unspecified atom stereocenters. The fraction of sp³-hybridized carbons (Fsp3) is 0.222. The molecule has 1 aromatic carbocycles. The second kappa shape index (κ2) is 7.64. The minimum Gasteiger partial charge on any atom is -0.493 e. The molecule has 0 amide bonds. The zero-order valence-corrected chi connectivity index (χ0v) is 14.5. The van der Waals surface area contributed by atoms with Crippen LogP contribution in [0.5, 0.6) is 11.5 Å². The molecule has 0 aliphatic heterocycles. The summed E-state index contributed by atoms with van der Waals surface area (Å²) in [6, 6.07) is 14.2.